The molecule has 0 unspecified atom stereocenters. The average Bonchev–Trinajstić information content (AvgIpc) is 2.72. The highest BCUT2D eigenvalue weighted by Crippen LogP contribution is 2.28. The van der Waals surface area contributed by atoms with Crippen molar-refractivity contribution in [2.24, 2.45) is 0 Å². The first-order valence-corrected chi connectivity index (χ1v) is 5.20. The van der Waals surface area contributed by atoms with Crippen molar-refractivity contribution in [3.63, 3.8) is 0 Å². The molecule has 3 rings (SSSR count). The molecular formula is C13H10N2O2. The molecule has 2 N–H and O–H groups in total. The fraction of sp³-hybridized carbons (Fsp3) is 0. The van der Waals surface area contributed by atoms with Crippen molar-refractivity contribution < 1.29 is 10.2 Å². The van der Waals surface area contributed by atoms with Gasteiger partial charge in [-0.2, -0.15) is 0 Å². The number of phenolic OH excluding ortho intramolecular Hbond substituents is 1. The Hall–Kier alpha value is -2.49. The first kappa shape index (κ1) is 9.72. The first-order chi connectivity index (χ1) is 8.25. The lowest BCUT2D eigenvalue weighted by atomic mass is 10.2. The topological polar surface area (TPSA) is 57.8 Å². The van der Waals surface area contributed by atoms with Gasteiger partial charge in [0.25, 0.3) is 0 Å². The summed E-state index contributed by atoms with van der Waals surface area (Å²) >= 11 is 0. The predicted octanol–water partition coefficient (Wildman–Crippen LogP) is 2.41. The highest BCUT2D eigenvalue weighted by Gasteiger charge is 2.09. The van der Waals surface area contributed by atoms with Gasteiger partial charge in [0.05, 0.1) is 17.3 Å². The van der Waals surface area contributed by atoms with Crippen LogP contribution in [0.2, 0.25) is 0 Å². The van der Waals surface area contributed by atoms with E-state index in [9.17, 15) is 10.2 Å². The van der Waals surface area contributed by atoms with Gasteiger partial charge >= 0.3 is 0 Å². The fourth-order valence-electron chi connectivity index (χ4n) is 1.85. The number of para-hydroxylation sites is 1. The van der Waals surface area contributed by atoms with Gasteiger partial charge in [-0.05, 0) is 18.2 Å². The van der Waals surface area contributed by atoms with E-state index in [1.165, 1.54) is 0 Å². The molecule has 0 aliphatic rings. The van der Waals surface area contributed by atoms with Crippen LogP contribution in [0, 0.1) is 0 Å². The molecule has 84 valence electrons. The van der Waals surface area contributed by atoms with E-state index in [0.717, 1.165) is 5.52 Å². The van der Waals surface area contributed by atoms with Crippen LogP contribution in [0.25, 0.3) is 16.9 Å². The van der Waals surface area contributed by atoms with Gasteiger partial charge in [0.15, 0.2) is 0 Å². The molecule has 0 bridgehead atoms. The summed E-state index contributed by atoms with van der Waals surface area (Å²) in [6.07, 6.45) is 3.38. The zero-order valence-corrected chi connectivity index (χ0v) is 8.91. The molecule has 2 aromatic heterocycles. The minimum absolute atomic E-state index is 0.188. The number of nitrogens with zero attached hydrogens (tertiary/aromatic N) is 2. The highest BCUT2D eigenvalue weighted by atomic mass is 16.3. The summed E-state index contributed by atoms with van der Waals surface area (Å²) in [6.45, 7) is 0. The number of benzene rings is 1. The van der Waals surface area contributed by atoms with E-state index < -0.39 is 0 Å². The van der Waals surface area contributed by atoms with Crippen LogP contribution in [0.15, 0.2) is 48.8 Å². The lowest BCUT2D eigenvalue weighted by Gasteiger charge is -2.03. The van der Waals surface area contributed by atoms with Crippen LogP contribution in [-0.4, -0.2) is 19.6 Å². The summed E-state index contributed by atoms with van der Waals surface area (Å²) in [7, 11) is 0. The molecule has 2 heterocycles. The molecule has 0 amide bonds. The van der Waals surface area contributed by atoms with Crippen LogP contribution in [0.4, 0.5) is 0 Å². The fourth-order valence-corrected chi connectivity index (χ4v) is 1.85. The average molecular weight is 226 g/mol. The molecule has 0 aliphatic carbocycles. The van der Waals surface area contributed by atoms with E-state index in [2.05, 4.69) is 4.98 Å². The number of phenols is 1. The summed E-state index contributed by atoms with van der Waals surface area (Å²) in [5, 5.41) is 19.2. The Labute approximate surface area is 97.4 Å². The number of aromatic hydroxyl groups is 2. The van der Waals surface area contributed by atoms with E-state index in [1.54, 1.807) is 42.7 Å². The Balaban J connectivity index is 2.29. The second-order valence-electron chi connectivity index (χ2n) is 3.78. The first-order valence-electron chi connectivity index (χ1n) is 5.20. The van der Waals surface area contributed by atoms with E-state index in [0.29, 0.717) is 11.4 Å². The molecular weight excluding hydrogens is 216 g/mol. The summed E-state index contributed by atoms with van der Waals surface area (Å²) in [4.78, 5) is 4.26. The van der Waals surface area contributed by atoms with Crippen molar-refractivity contribution in [1.82, 2.24) is 9.38 Å². The van der Waals surface area contributed by atoms with Gasteiger partial charge < -0.3 is 10.2 Å². The molecule has 0 radical (unpaired) electrons. The smallest absolute Gasteiger partial charge is 0.148 e. The second-order valence-corrected chi connectivity index (χ2v) is 3.78. The minimum Gasteiger partial charge on any atom is -0.508 e. The molecule has 0 atom stereocenters. The third-order valence-corrected chi connectivity index (χ3v) is 2.66. The van der Waals surface area contributed by atoms with Crippen molar-refractivity contribution in [3.05, 3.63) is 48.8 Å². The van der Waals surface area contributed by atoms with Crippen LogP contribution < -0.4 is 0 Å². The number of rotatable bonds is 1. The molecule has 0 spiro atoms. The largest absolute Gasteiger partial charge is 0.508 e. The van der Waals surface area contributed by atoms with Gasteiger partial charge in [-0.25, -0.2) is 4.98 Å². The van der Waals surface area contributed by atoms with Crippen LogP contribution >= 0.6 is 0 Å². The standard InChI is InChI=1S/C13H10N2O2/c16-10-5-6-15-9(7-10)8-14-13(15)11-3-1-2-4-12(11)17/h1-8,16-17H. The molecule has 0 aliphatic heterocycles. The molecule has 17 heavy (non-hydrogen) atoms. The normalized spacial score (nSPS) is 10.8. The van der Waals surface area contributed by atoms with Crippen LogP contribution in [0.3, 0.4) is 0 Å². The zero-order valence-electron chi connectivity index (χ0n) is 8.91. The van der Waals surface area contributed by atoms with Crippen molar-refractivity contribution in [2.45, 2.75) is 0 Å². The van der Waals surface area contributed by atoms with Crippen LogP contribution in [-0.2, 0) is 0 Å². The lowest BCUT2D eigenvalue weighted by molar-refractivity contribution is 0.475. The molecule has 1 aromatic carbocycles. The third-order valence-electron chi connectivity index (χ3n) is 2.66. The van der Waals surface area contributed by atoms with Gasteiger partial charge in [-0.15, -0.1) is 0 Å². The summed E-state index contributed by atoms with van der Waals surface area (Å²) in [6, 6.07) is 10.2. The van der Waals surface area contributed by atoms with Crippen molar-refractivity contribution in [1.29, 1.82) is 0 Å². The Bertz CT molecular complexity index is 689. The van der Waals surface area contributed by atoms with E-state index in [-0.39, 0.29) is 11.5 Å². The SMILES string of the molecule is Oc1ccn2c(-c3ccccc3O)ncc2c1. The maximum absolute atomic E-state index is 9.79. The number of hydrogen-bond acceptors (Lipinski definition) is 3. The highest BCUT2D eigenvalue weighted by molar-refractivity contribution is 5.68. The van der Waals surface area contributed by atoms with E-state index in [4.69, 9.17) is 0 Å². The molecule has 3 aromatic rings. The Kier molecular flexibility index (Phi) is 2.01. The van der Waals surface area contributed by atoms with Crippen molar-refractivity contribution in [3.8, 4) is 22.9 Å². The minimum atomic E-state index is 0.188. The summed E-state index contributed by atoms with van der Waals surface area (Å²) in [5.74, 6) is 1.03. The Morgan fingerprint density at radius 1 is 1.06 bits per heavy atom. The lowest BCUT2D eigenvalue weighted by Crippen LogP contribution is -1.88. The number of aromatic nitrogens is 2. The van der Waals surface area contributed by atoms with E-state index in [1.807, 2.05) is 10.5 Å². The molecule has 0 saturated heterocycles. The molecule has 0 fully saturated rings. The second kappa shape index (κ2) is 3.52. The Morgan fingerprint density at radius 2 is 1.88 bits per heavy atom. The van der Waals surface area contributed by atoms with Gasteiger partial charge in [-0.3, -0.25) is 4.40 Å². The summed E-state index contributed by atoms with van der Waals surface area (Å²) < 4.78 is 1.81. The maximum atomic E-state index is 9.79. The van der Waals surface area contributed by atoms with Crippen LogP contribution in [0.5, 0.6) is 11.5 Å². The monoisotopic (exact) mass is 226 g/mol. The van der Waals surface area contributed by atoms with E-state index >= 15 is 0 Å². The van der Waals surface area contributed by atoms with Crippen molar-refractivity contribution >= 4 is 5.52 Å². The number of hydrogen-bond donors (Lipinski definition) is 2. The Morgan fingerprint density at radius 3 is 2.71 bits per heavy atom. The maximum Gasteiger partial charge on any atom is 0.148 e. The van der Waals surface area contributed by atoms with Gasteiger partial charge in [0, 0.05) is 12.3 Å². The number of imidazole rings is 1. The van der Waals surface area contributed by atoms with Gasteiger partial charge in [0.2, 0.25) is 0 Å². The van der Waals surface area contributed by atoms with Crippen LogP contribution in [0.1, 0.15) is 0 Å². The van der Waals surface area contributed by atoms with Crippen molar-refractivity contribution in [2.75, 3.05) is 0 Å². The van der Waals surface area contributed by atoms with Gasteiger partial charge in [0.1, 0.15) is 17.3 Å². The zero-order chi connectivity index (χ0) is 11.8. The quantitative estimate of drug-likeness (QED) is 0.670. The van der Waals surface area contributed by atoms with Gasteiger partial charge in [-0.1, -0.05) is 12.1 Å². The molecule has 4 nitrogen and oxygen atoms in total. The third kappa shape index (κ3) is 1.50. The number of fused-ring (bicyclic) bond motifs is 1. The predicted molar refractivity (Wildman–Crippen MR) is 64.0 cm³/mol. The summed E-state index contributed by atoms with van der Waals surface area (Å²) in [5.41, 5.74) is 1.45. The number of pyridine rings is 1. The molecule has 4 heteroatoms. The molecule has 0 saturated carbocycles.